The molecule has 2 amide bonds. The fraction of sp³-hybridized carbons (Fsp3) is 0.471. The molecule has 3 rings (SSSR count). The van der Waals surface area contributed by atoms with Gasteiger partial charge in [0.1, 0.15) is 11.3 Å². The Kier molecular flexibility index (Phi) is 7.78. The van der Waals surface area contributed by atoms with E-state index in [1.54, 1.807) is 6.07 Å². The summed E-state index contributed by atoms with van der Waals surface area (Å²) in [5.41, 5.74) is -0.0978. The summed E-state index contributed by atoms with van der Waals surface area (Å²) in [6.45, 7) is 0. The van der Waals surface area contributed by atoms with Crippen LogP contribution in [0.4, 0.5) is 4.79 Å². The molecule has 2 aliphatic heterocycles. The van der Waals surface area contributed by atoms with E-state index < -0.39 is 11.9 Å². The van der Waals surface area contributed by atoms with Crippen LogP contribution in [0.15, 0.2) is 22.7 Å². The van der Waals surface area contributed by atoms with Crippen LogP contribution in [0, 0.1) is 0 Å². The number of carbonyl (C=O) groups excluding carboxylic acids is 1. The number of nitrogens with one attached hydrogen (secondary N) is 2. The highest BCUT2D eigenvalue weighted by Crippen LogP contribution is 2.33. The van der Waals surface area contributed by atoms with Crippen LogP contribution in [0.25, 0.3) is 0 Å². The first kappa shape index (κ1) is 21.4. The van der Waals surface area contributed by atoms with Crippen molar-refractivity contribution in [3.63, 3.8) is 0 Å². The summed E-state index contributed by atoms with van der Waals surface area (Å²) >= 11 is 4.96. The highest BCUT2D eigenvalue weighted by atomic mass is 79.9. The first-order valence-corrected chi connectivity index (χ1v) is 10.2. The number of aromatic carboxylic acids is 1. The quantitative estimate of drug-likeness (QED) is 0.325. The third-order valence-electron chi connectivity index (χ3n) is 4.26. The maximum absolute atomic E-state index is 11.1. The first-order chi connectivity index (χ1) is 12.8. The van der Waals surface area contributed by atoms with Gasteiger partial charge in [-0.05, 0) is 31.0 Å². The highest BCUT2D eigenvalue weighted by Gasteiger charge is 2.42. The molecule has 2 saturated heterocycles. The molecule has 10 heteroatoms. The molecule has 3 atom stereocenters. The van der Waals surface area contributed by atoms with Gasteiger partial charge in [-0.2, -0.15) is 11.8 Å². The van der Waals surface area contributed by atoms with Gasteiger partial charge in [0.05, 0.1) is 12.1 Å². The Labute approximate surface area is 168 Å². The van der Waals surface area contributed by atoms with E-state index in [1.807, 2.05) is 11.8 Å². The number of aromatic hydroxyl groups is 1. The van der Waals surface area contributed by atoms with Gasteiger partial charge in [-0.1, -0.05) is 22.4 Å². The maximum atomic E-state index is 11.1. The van der Waals surface area contributed by atoms with Crippen LogP contribution >= 0.6 is 27.7 Å². The van der Waals surface area contributed by atoms with Gasteiger partial charge in [-0.3, -0.25) is 4.79 Å². The molecule has 1 aromatic rings. The zero-order valence-corrected chi connectivity index (χ0v) is 16.8. The molecular weight excluding hydrogens is 440 g/mol. The number of carboxylic acid groups (broad SMARTS) is 2. The SMILES string of the molecule is O=C(O)CCCC[C@@H]1SC[C@@H]2NC(=O)N[C@@H]21.O=C(O)c1cc(Br)ccc1O. The predicted molar refractivity (Wildman–Crippen MR) is 104 cm³/mol. The lowest BCUT2D eigenvalue weighted by molar-refractivity contribution is -0.137. The largest absolute Gasteiger partial charge is 0.507 e. The monoisotopic (exact) mass is 460 g/mol. The van der Waals surface area contributed by atoms with E-state index in [1.165, 1.54) is 12.1 Å². The number of aliphatic carboxylic acids is 1. The fourth-order valence-corrected chi connectivity index (χ4v) is 4.85. The summed E-state index contributed by atoms with van der Waals surface area (Å²) in [5, 5.41) is 32.3. The molecule has 0 radical (unpaired) electrons. The zero-order chi connectivity index (χ0) is 20.0. The van der Waals surface area contributed by atoms with E-state index >= 15 is 0 Å². The van der Waals surface area contributed by atoms with Crippen LogP contribution in [0.5, 0.6) is 5.75 Å². The zero-order valence-electron chi connectivity index (χ0n) is 14.4. The van der Waals surface area contributed by atoms with Crippen molar-refractivity contribution in [3.8, 4) is 5.75 Å². The number of amides is 2. The molecule has 148 valence electrons. The van der Waals surface area contributed by atoms with E-state index in [4.69, 9.17) is 15.3 Å². The van der Waals surface area contributed by atoms with E-state index in [9.17, 15) is 14.4 Å². The summed E-state index contributed by atoms with van der Waals surface area (Å²) < 4.78 is 0.632. The van der Waals surface area contributed by atoms with Crippen LogP contribution in [-0.2, 0) is 4.79 Å². The van der Waals surface area contributed by atoms with Crippen molar-refractivity contribution in [2.24, 2.45) is 0 Å². The highest BCUT2D eigenvalue weighted by molar-refractivity contribution is 9.10. The number of phenols is 1. The first-order valence-electron chi connectivity index (χ1n) is 8.40. The number of urea groups is 1. The smallest absolute Gasteiger partial charge is 0.339 e. The lowest BCUT2D eigenvalue weighted by Crippen LogP contribution is -2.36. The van der Waals surface area contributed by atoms with E-state index in [2.05, 4.69) is 26.6 Å². The van der Waals surface area contributed by atoms with Gasteiger partial charge in [-0.15, -0.1) is 0 Å². The van der Waals surface area contributed by atoms with Gasteiger partial charge in [0.15, 0.2) is 0 Å². The van der Waals surface area contributed by atoms with Crippen molar-refractivity contribution in [3.05, 3.63) is 28.2 Å². The maximum Gasteiger partial charge on any atom is 0.339 e. The van der Waals surface area contributed by atoms with Crippen molar-refractivity contribution in [2.45, 2.75) is 43.0 Å². The third kappa shape index (κ3) is 6.31. The number of hydrogen-bond donors (Lipinski definition) is 5. The Hall–Kier alpha value is -1.94. The van der Waals surface area contributed by atoms with Gasteiger partial charge in [0.25, 0.3) is 0 Å². The molecule has 8 nitrogen and oxygen atoms in total. The molecule has 0 spiro atoms. The molecule has 5 N–H and O–H groups in total. The molecule has 2 aliphatic rings. The average Bonchev–Trinajstić information content (AvgIpc) is 3.13. The molecule has 2 fully saturated rings. The van der Waals surface area contributed by atoms with Crippen molar-refractivity contribution in [2.75, 3.05) is 5.75 Å². The Morgan fingerprint density at radius 1 is 1.22 bits per heavy atom. The molecule has 1 aromatic carbocycles. The lowest BCUT2D eigenvalue weighted by Gasteiger charge is -2.16. The number of carbonyl (C=O) groups is 3. The Morgan fingerprint density at radius 3 is 2.59 bits per heavy atom. The Balaban J connectivity index is 0.000000208. The van der Waals surface area contributed by atoms with Crippen LogP contribution in [0.1, 0.15) is 36.0 Å². The number of benzene rings is 1. The number of hydrogen-bond acceptors (Lipinski definition) is 5. The second-order valence-electron chi connectivity index (χ2n) is 6.23. The molecule has 27 heavy (non-hydrogen) atoms. The van der Waals surface area contributed by atoms with Crippen molar-refractivity contribution in [1.29, 1.82) is 0 Å². The number of rotatable bonds is 6. The second-order valence-corrected chi connectivity index (χ2v) is 8.42. The normalized spacial score (nSPS) is 22.9. The minimum absolute atomic E-state index is 0.0640. The summed E-state index contributed by atoms with van der Waals surface area (Å²) in [6, 6.07) is 4.68. The molecule has 0 bridgehead atoms. The van der Waals surface area contributed by atoms with Crippen LogP contribution < -0.4 is 10.6 Å². The molecular formula is C17H21BrN2O6S. The number of halogens is 1. The minimum Gasteiger partial charge on any atom is -0.507 e. The van der Waals surface area contributed by atoms with Crippen molar-refractivity contribution in [1.82, 2.24) is 10.6 Å². The predicted octanol–water partition coefficient (Wildman–Crippen LogP) is 2.65. The number of thioether (sulfide) groups is 1. The average molecular weight is 461 g/mol. The van der Waals surface area contributed by atoms with Gasteiger partial charge >= 0.3 is 18.0 Å². The van der Waals surface area contributed by atoms with Gasteiger partial charge in [0.2, 0.25) is 0 Å². The summed E-state index contributed by atoms with van der Waals surface area (Å²) in [7, 11) is 0. The summed E-state index contributed by atoms with van der Waals surface area (Å²) in [6.07, 6.45) is 2.88. The van der Waals surface area contributed by atoms with Gasteiger partial charge < -0.3 is 26.0 Å². The van der Waals surface area contributed by atoms with E-state index in [0.29, 0.717) is 9.72 Å². The standard InChI is InChI=1S/C10H16N2O3S.C7H5BrO3/c13-8(14)4-2-1-3-7-9-6(5-16-7)11-10(15)12-9;8-4-1-2-6(9)5(3-4)7(10)11/h6-7,9H,1-5H2,(H,13,14)(H2,11,12,15);1-3,9H,(H,10,11)/t6-,7-,9-;/m0./s1. The van der Waals surface area contributed by atoms with Crippen molar-refractivity contribution >= 4 is 45.7 Å². The molecule has 2 heterocycles. The van der Waals surface area contributed by atoms with Crippen LogP contribution in [-0.4, -0.2) is 56.4 Å². The van der Waals surface area contributed by atoms with Gasteiger partial charge in [0, 0.05) is 21.9 Å². The van der Waals surface area contributed by atoms with E-state index in [0.717, 1.165) is 25.0 Å². The molecule has 0 aromatic heterocycles. The third-order valence-corrected chi connectivity index (χ3v) is 6.26. The second kappa shape index (κ2) is 9.84. The Bertz CT molecular complexity index is 717. The van der Waals surface area contributed by atoms with Crippen LogP contribution in [0.2, 0.25) is 0 Å². The Morgan fingerprint density at radius 2 is 1.96 bits per heavy atom. The minimum atomic E-state index is -1.14. The van der Waals surface area contributed by atoms with E-state index in [-0.39, 0.29) is 35.8 Å². The summed E-state index contributed by atoms with van der Waals surface area (Å²) in [4.78, 5) is 31.9. The summed E-state index contributed by atoms with van der Waals surface area (Å²) in [5.74, 6) is -1.12. The number of unbranched alkanes of at least 4 members (excludes halogenated alkanes) is 1. The number of carboxylic acids is 2. The van der Waals surface area contributed by atoms with Crippen molar-refractivity contribution < 1.29 is 29.7 Å². The molecule has 0 aliphatic carbocycles. The molecule has 0 unspecified atom stereocenters. The number of fused-ring (bicyclic) bond motifs is 1. The topological polar surface area (TPSA) is 136 Å². The lowest BCUT2D eigenvalue weighted by atomic mass is 10.0. The van der Waals surface area contributed by atoms with Gasteiger partial charge in [-0.25, -0.2) is 9.59 Å². The fourth-order valence-electron chi connectivity index (χ4n) is 2.94. The molecule has 0 saturated carbocycles. The van der Waals surface area contributed by atoms with Crippen LogP contribution in [0.3, 0.4) is 0 Å².